The summed E-state index contributed by atoms with van der Waals surface area (Å²) in [5.41, 5.74) is 0. The van der Waals surface area contributed by atoms with E-state index in [1.807, 2.05) is 0 Å². The molecule has 0 radical (unpaired) electrons. The predicted octanol–water partition coefficient (Wildman–Crippen LogP) is 8.03. The van der Waals surface area contributed by atoms with Gasteiger partial charge in [-0.1, -0.05) is 70.9 Å². The molecule has 26 heavy (non-hydrogen) atoms. The van der Waals surface area contributed by atoms with Crippen LogP contribution in [0.4, 0.5) is 0 Å². The van der Waals surface area contributed by atoms with Crippen LogP contribution in [0.15, 0.2) is 12.2 Å². The van der Waals surface area contributed by atoms with Gasteiger partial charge in [-0.15, -0.1) is 11.6 Å². The lowest BCUT2D eigenvalue weighted by molar-refractivity contribution is -0.148. The Kier molecular flexibility index (Phi) is 22.9. The molecule has 2 nitrogen and oxygen atoms in total. The quantitative estimate of drug-likeness (QED) is 0.0856. The van der Waals surface area contributed by atoms with Crippen LogP contribution < -0.4 is 0 Å². The van der Waals surface area contributed by atoms with Crippen molar-refractivity contribution in [2.45, 2.75) is 116 Å². The Balaban J connectivity index is 3.78. The summed E-state index contributed by atoms with van der Waals surface area (Å²) in [5.74, 6) is 0.766. The maximum Gasteiger partial charge on any atom is 0.157 e. The predicted molar refractivity (Wildman–Crippen MR) is 116 cm³/mol. The molecule has 0 aliphatic rings. The Morgan fingerprint density at radius 1 is 0.654 bits per heavy atom. The highest BCUT2D eigenvalue weighted by atomic mass is 35.5. The number of ether oxygens (including phenoxy) is 2. The molecule has 0 bridgehead atoms. The molecule has 0 N–H and O–H groups in total. The normalized spacial score (nSPS) is 11.8. The van der Waals surface area contributed by atoms with Crippen LogP contribution in [0.25, 0.3) is 0 Å². The molecule has 0 spiro atoms. The summed E-state index contributed by atoms with van der Waals surface area (Å²) in [6, 6.07) is 0. The van der Waals surface area contributed by atoms with E-state index in [2.05, 4.69) is 26.0 Å². The molecule has 0 fully saturated rings. The van der Waals surface area contributed by atoms with Crippen LogP contribution in [-0.4, -0.2) is 25.4 Å². The number of hydrogen-bond acceptors (Lipinski definition) is 2. The van der Waals surface area contributed by atoms with Gasteiger partial charge in [-0.2, -0.15) is 0 Å². The second-order valence-corrected chi connectivity index (χ2v) is 7.61. The summed E-state index contributed by atoms with van der Waals surface area (Å²) in [4.78, 5) is 0. The van der Waals surface area contributed by atoms with Crippen molar-refractivity contribution in [1.82, 2.24) is 0 Å². The summed E-state index contributed by atoms with van der Waals surface area (Å²) >= 11 is 5.68. The van der Waals surface area contributed by atoms with Gasteiger partial charge in [0.1, 0.15) is 0 Å². The van der Waals surface area contributed by atoms with Gasteiger partial charge in [-0.05, 0) is 51.4 Å². The maximum atomic E-state index is 6.02. The van der Waals surface area contributed by atoms with Crippen molar-refractivity contribution in [3.05, 3.63) is 12.2 Å². The second-order valence-electron chi connectivity index (χ2n) is 7.23. The monoisotopic (exact) mass is 388 g/mol. The van der Waals surface area contributed by atoms with Crippen LogP contribution >= 0.6 is 11.6 Å². The summed E-state index contributed by atoms with van der Waals surface area (Å²) in [5, 5.41) is 0. The molecule has 0 amide bonds. The van der Waals surface area contributed by atoms with Gasteiger partial charge in [0.15, 0.2) is 6.29 Å². The van der Waals surface area contributed by atoms with Crippen molar-refractivity contribution in [3.8, 4) is 0 Å². The average Bonchev–Trinajstić information content (AvgIpc) is 2.65. The molecule has 0 aliphatic carbocycles. The van der Waals surface area contributed by atoms with Gasteiger partial charge in [-0.25, -0.2) is 0 Å². The zero-order valence-electron chi connectivity index (χ0n) is 17.7. The molecule has 3 heteroatoms. The van der Waals surface area contributed by atoms with Gasteiger partial charge in [0.25, 0.3) is 0 Å². The van der Waals surface area contributed by atoms with Crippen LogP contribution in [-0.2, 0) is 9.47 Å². The molecule has 0 saturated heterocycles. The van der Waals surface area contributed by atoms with E-state index >= 15 is 0 Å². The highest BCUT2D eigenvalue weighted by Gasteiger charge is 2.09. The Hall–Kier alpha value is -0.0500. The molecular formula is C23H45ClO2. The van der Waals surface area contributed by atoms with Crippen molar-refractivity contribution in [3.63, 3.8) is 0 Å². The average molecular weight is 389 g/mol. The number of allylic oxidation sites excluding steroid dienone is 2. The fourth-order valence-electron chi connectivity index (χ4n) is 2.88. The molecule has 0 aromatic rings. The number of halogens is 1. The lowest BCUT2D eigenvalue weighted by atomic mass is 10.1. The third kappa shape index (κ3) is 20.3. The van der Waals surface area contributed by atoms with Crippen LogP contribution in [0.1, 0.15) is 110 Å². The fraction of sp³-hybridized carbons (Fsp3) is 0.913. The van der Waals surface area contributed by atoms with Crippen LogP contribution in [0, 0.1) is 0 Å². The lowest BCUT2D eigenvalue weighted by Gasteiger charge is -2.19. The topological polar surface area (TPSA) is 18.5 Å². The molecule has 0 aromatic carbocycles. The van der Waals surface area contributed by atoms with Crippen molar-refractivity contribution in [1.29, 1.82) is 0 Å². The molecule has 0 unspecified atom stereocenters. The summed E-state index contributed by atoms with van der Waals surface area (Å²) in [7, 11) is 0. The summed E-state index contributed by atoms with van der Waals surface area (Å²) in [6.45, 7) is 6.19. The highest BCUT2D eigenvalue weighted by Crippen LogP contribution is 2.13. The van der Waals surface area contributed by atoms with Gasteiger partial charge in [-0.3, -0.25) is 0 Å². The Labute approximate surface area is 169 Å². The maximum absolute atomic E-state index is 6.02. The molecule has 0 saturated carbocycles. The largest absolute Gasteiger partial charge is 0.353 e. The molecule has 0 aliphatic heterocycles. The van der Waals surface area contributed by atoms with E-state index in [9.17, 15) is 0 Å². The van der Waals surface area contributed by atoms with Gasteiger partial charge >= 0.3 is 0 Å². The number of hydrogen-bond donors (Lipinski definition) is 0. The molecule has 0 aromatic heterocycles. The minimum absolute atomic E-state index is 0.0116. The first kappa shape index (κ1) is 26.0. The van der Waals surface area contributed by atoms with Crippen molar-refractivity contribution >= 4 is 11.6 Å². The van der Waals surface area contributed by atoms with Crippen molar-refractivity contribution in [2.75, 3.05) is 19.1 Å². The third-order valence-corrected chi connectivity index (χ3v) is 4.85. The molecule has 0 heterocycles. The molecule has 156 valence electrons. The third-order valence-electron chi connectivity index (χ3n) is 4.58. The van der Waals surface area contributed by atoms with Crippen LogP contribution in [0.3, 0.4) is 0 Å². The van der Waals surface area contributed by atoms with Crippen LogP contribution in [0.5, 0.6) is 0 Å². The molecule has 0 atom stereocenters. The van der Waals surface area contributed by atoms with Gasteiger partial charge in [0.2, 0.25) is 0 Å². The Morgan fingerprint density at radius 3 is 1.73 bits per heavy atom. The summed E-state index contributed by atoms with van der Waals surface area (Å²) in [6.07, 6.45) is 22.8. The Morgan fingerprint density at radius 2 is 1.19 bits per heavy atom. The number of alkyl halides is 1. The minimum atomic E-state index is 0.0116. The lowest BCUT2D eigenvalue weighted by Crippen LogP contribution is -2.19. The first-order valence-electron chi connectivity index (χ1n) is 11.3. The van der Waals surface area contributed by atoms with Crippen LogP contribution in [0.2, 0.25) is 0 Å². The number of unbranched alkanes of at least 4 members (excludes halogenated alkanes) is 10. The van der Waals surface area contributed by atoms with Crippen molar-refractivity contribution < 1.29 is 9.47 Å². The first-order valence-corrected chi connectivity index (χ1v) is 11.8. The highest BCUT2D eigenvalue weighted by molar-refractivity contribution is 6.17. The fourth-order valence-corrected chi connectivity index (χ4v) is 3.04. The van der Waals surface area contributed by atoms with Gasteiger partial charge in [0.05, 0.1) is 0 Å². The minimum Gasteiger partial charge on any atom is -0.353 e. The van der Waals surface area contributed by atoms with E-state index in [0.29, 0.717) is 0 Å². The van der Waals surface area contributed by atoms with Gasteiger partial charge < -0.3 is 9.47 Å². The Bertz CT molecular complexity index is 267. The zero-order chi connectivity index (χ0) is 19.1. The van der Waals surface area contributed by atoms with E-state index in [1.54, 1.807) is 0 Å². The smallest absolute Gasteiger partial charge is 0.157 e. The zero-order valence-corrected chi connectivity index (χ0v) is 18.4. The van der Waals surface area contributed by atoms with Gasteiger partial charge in [0, 0.05) is 19.1 Å². The van der Waals surface area contributed by atoms with E-state index < -0.39 is 0 Å². The SMILES string of the molecule is CCCCCCOC(CCCCC/C=C\CCCCl)OCCCCCC. The standard InChI is InChI=1S/C23H45ClO2/c1-3-5-7-17-21-25-23(26-22-18-8-6-4-2)19-15-13-11-9-10-12-14-16-20-24/h10,12,23H,3-9,11,13-22H2,1-2H3/b12-10-. The summed E-state index contributed by atoms with van der Waals surface area (Å²) < 4.78 is 12.0. The van der Waals surface area contributed by atoms with E-state index in [-0.39, 0.29) is 6.29 Å². The number of rotatable bonds is 21. The second kappa shape index (κ2) is 23.0. The molecular weight excluding hydrogens is 344 g/mol. The van der Waals surface area contributed by atoms with E-state index in [0.717, 1.165) is 51.2 Å². The first-order chi connectivity index (χ1) is 12.8. The molecule has 0 rings (SSSR count). The van der Waals surface area contributed by atoms with E-state index in [1.165, 1.54) is 64.2 Å². The van der Waals surface area contributed by atoms with Crippen molar-refractivity contribution in [2.24, 2.45) is 0 Å². The van der Waals surface area contributed by atoms with E-state index in [4.69, 9.17) is 21.1 Å².